The van der Waals surface area contributed by atoms with Crippen molar-refractivity contribution >= 4 is 28.4 Å². The minimum absolute atomic E-state index is 0.0317. The molecule has 8 heteroatoms. The predicted molar refractivity (Wildman–Crippen MR) is 93.3 cm³/mol. The fourth-order valence-corrected chi connectivity index (χ4v) is 3.02. The van der Waals surface area contributed by atoms with Crippen LogP contribution in [0.4, 0.5) is 14.5 Å². The van der Waals surface area contributed by atoms with Crippen LogP contribution < -0.4 is 5.32 Å². The van der Waals surface area contributed by atoms with Gasteiger partial charge in [-0.3, -0.25) is 9.00 Å². The number of anilines is 1. The highest BCUT2D eigenvalue weighted by Gasteiger charge is 2.22. The Kier molecular flexibility index (Phi) is 6.57. The molecule has 1 amide bonds. The van der Waals surface area contributed by atoms with Gasteiger partial charge in [-0.05, 0) is 31.2 Å². The van der Waals surface area contributed by atoms with E-state index in [4.69, 9.17) is 4.74 Å². The lowest BCUT2D eigenvalue weighted by Gasteiger charge is -2.15. The molecule has 0 aliphatic carbocycles. The first-order valence-electron chi connectivity index (χ1n) is 7.77. The monoisotopic (exact) mass is 381 g/mol. The summed E-state index contributed by atoms with van der Waals surface area (Å²) in [6, 6.07) is 9.15. The molecule has 2 rings (SSSR count). The lowest BCUT2D eigenvalue weighted by atomic mass is 10.2. The number of halogens is 2. The number of benzene rings is 2. The molecule has 0 radical (unpaired) electrons. The number of esters is 1. The van der Waals surface area contributed by atoms with Gasteiger partial charge in [0.2, 0.25) is 0 Å². The van der Waals surface area contributed by atoms with Crippen LogP contribution in [0.25, 0.3) is 0 Å². The number of nitrogens with one attached hydrogen (secondary N) is 1. The van der Waals surface area contributed by atoms with Gasteiger partial charge in [0.15, 0.2) is 17.7 Å². The second-order valence-electron chi connectivity index (χ2n) is 5.30. The van der Waals surface area contributed by atoms with E-state index in [9.17, 15) is 22.6 Å². The number of carbonyl (C=O) groups is 2. The molecule has 0 unspecified atom stereocenters. The van der Waals surface area contributed by atoms with Crippen LogP contribution in [0.3, 0.4) is 0 Å². The Morgan fingerprint density at radius 3 is 2.50 bits per heavy atom. The average Bonchev–Trinajstić information content (AvgIpc) is 2.63. The number of ether oxygens (including phenoxy) is 1. The molecule has 0 saturated heterocycles. The molecule has 26 heavy (non-hydrogen) atoms. The van der Waals surface area contributed by atoms with E-state index in [0.717, 1.165) is 12.1 Å². The second kappa shape index (κ2) is 8.66. The SMILES string of the molecule is CC[S@](=O)c1ccccc1C(=O)O[C@@H](C)C(=O)Nc1ccc(F)c(F)c1. The van der Waals surface area contributed by atoms with Crippen LogP contribution >= 0.6 is 0 Å². The standard InChI is InChI=1S/C18H17F2NO4S/c1-3-26(24)16-7-5-4-6-13(16)18(23)25-11(2)17(22)21-12-8-9-14(19)15(20)10-12/h4-11H,3H2,1-2H3,(H,21,22)/t11-,26-/m0/s1. The van der Waals surface area contributed by atoms with Crippen LogP contribution in [0.1, 0.15) is 24.2 Å². The molecule has 0 fully saturated rings. The number of rotatable bonds is 6. The third-order valence-electron chi connectivity index (χ3n) is 3.45. The van der Waals surface area contributed by atoms with Crippen molar-refractivity contribution in [2.45, 2.75) is 24.8 Å². The van der Waals surface area contributed by atoms with Gasteiger partial charge in [0.25, 0.3) is 5.91 Å². The van der Waals surface area contributed by atoms with Crippen molar-refractivity contribution in [2.24, 2.45) is 0 Å². The summed E-state index contributed by atoms with van der Waals surface area (Å²) in [5.74, 6) is -3.32. The summed E-state index contributed by atoms with van der Waals surface area (Å²) in [6.45, 7) is 3.06. The van der Waals surface area contributed by atoms with Gasteiger partial charge in [-0.25, -0.2) is 13.6 Å². The summed E-state index contributed by atoms with van der Waals surface area (Å²) in [4.78, 5) is 24.7. The van der Waals surface area contributed by atoms with E-state index in [2.05, 4.69) is 5.32 Å². The van der Waals surface area contributed by atoms with E-state index in [1.807, 2.05) is 0 Å². The summed E-state index contributed by atoms with van der Waals surface area (Å²) in [6.07, 6.45) is -1.20. The van der Waals surface area contributed by atoms with Crippen LogP contribution in [0, 0.1) is 11.6 Å². The van der Waals surface area contributed by atoms with Gasteiger partial charge in [-0.15, -0.1) is 0 Å². The van der Waals surface area contributed by atoms with Gasteiger partial charge in [0.05, 0.1) is 21.3 Å². The maximum absolute atomic E-state index is 13.2. The number of carbonyl (C=O) groups excluding carboxylic acids is 2. The lowest BCUT2D eigenvalue weighted by Crippen LogP contribution is -2.30. The van der Waals surface area contributed by atoms with E-state index < -0.39 is 40.4 Å². The molecule has 0 aliphatic heterocycles. The smallest absolute Gasteiger partial charge is 0.340 e. The van der Waals surface area contributed by atoms with Crippen LogP contribution in [0.5, 0.6) is 0 Å². The van der Waals surface area contributed by atoms with Crippen LogP contribution in [-0.2, 0) is 20.3 Å². The van der Waals surface area contributed by atoms with Gasteiger partial charge in [-0.2, -0.15) is 0 Å². The van der Waals surface area contributed by atoms with Crippen molar-refractivity contribution in [2.75, 3.05) is 11.1 Å². The molecule has 0 spiro atoms. The molecule has 2 atom stereocenters. The number of hydrogen-bond donors (Lipinski definition) is 1. The predicted octanol–water partition coefficient (Wildman–Crippen LogP) is 3.28. The van der Waals surface area contributed by atoms with Crippen molar-refractivity contribution < 1.29 is 27.3 Å². The largest absolute Gasteiger partial charge is 0.449 e. The lowest BCUT2D eigenvalue weighted by molar-refractivity contribution is -0.123. The van der Waals surface area contributed by atoms with E-state index in [1.165, 1.54) is 19.1 Å². The maximum Gasteiger partial charge on any atom is 0.340 e. The molecule has 2 aromatic rings. The van der Waals surface area contributed by atoms with Crippen molar-refractivity contribution in [3.05, 3.63) is 59.7 Å². The van der Waals surface area contributed by atoms with Crippen LogP contribution in [-0.4, -0.2) is 27.9 Å². The molecule has 5 nitrogen and oxygen atoms in total. The van der Waals surface area contributed by atoms with Crippen LogP contribution in [0.15, 0.2) is 47.4 Å². The molecule has 0 aromatic heterocycles. The summed E-state index contributed by atoms with van der Waals surface area (Å²) >= 11 is 0. The van der Waals surface area contributed by atoms with Crippen molar-refractivity contribution in [1.29, 1.82) is 0 Å². The fraction of sp³-hybridized carbons (Fsp3) is 0.222. The summed E-state index contributed by atoms with van der Waals surface area (Å²) < 4.78 is 43.2. The minimum atomic E-state index is -1.36. The first-order valence-corrected chi connectivity index (χ1v) is 9.09. The Bertz CT molecular complexity index is 857. The fourth-order valence-electron chi connectivity index (χ4n) is 2.08. The summed E-state index contributed by atoms with van der Waals surface area (Å²) in [7, 11) is -1.36. The second-order valence-corrected chi connectivity index (χ2v) is 7.00. The third kappa shape index (κ3) is 4.72. The molecule has 2 aromatic carbocycles. The Labute approximate surface area is 151 Å². The van der Waals surface area contributed by atoms with Crippen molar-refractivity contribution in [1.82, 2.24) is 0 Å². The molecule has 0 saturated carbocycles. The van der Waals surface area contributed by atoms with Gasteiger partial charge in [0, 0.05) is 17.5 Å². The zero-order chi connectivity index (χ0) is 19.3. The first kappa shape index (κ1) is 19.7. The highest BCUT2D eigenvalue weighted by atomic mass is 32.2. The highest BCUT2D eigenvalue weighted by Crippen LogP contribution is 2.17. The van der Waals surface area contributed by atoms with Crippen molar-refractivity contribution in [3.8, 4) is 0 Å². The highest BCUT2D eigenvalue weighted by molar-refractivity contribution is 7.85. The van der Waals surface area contributed by atoms with E-state index in [0.29, 0.717) is 10.6 Å². The number of hydrogen-bond acceptors (Lipinski definition) is 4. The van der Waals surface area contributed by atoms with Gasteiger partial charge in [0.1, 0.15) is 0 Å². The molecule has 0 aliphatic rings. The Balaban J connectivity index is 2.08. The zero-order valence-electron chi connectivity index (χ0n) is 14.1. The first-order chi connectivity index (χ1) is 12.3. The maximum atomic E-state index is 13.2. The summed E-state index contributed by atoms with van der Waals surface area (Å²) in [5.41, 5.74) is 0.143. The molecule has 1 N–H and O–H groups in total. The molecule has 0 heterocycles. The van der Waals surface area contributed by atoms with Gasteiger partial charge < -0.3 is 10.1 Å². The third-order valence-corrected chi connectivity index (χ3v) is 4.83. The quantitative estimate of drug-likeness (QED) is 0.780. The molecule has 0 bridgehead atoms. The molecular formula is C18H17F2NO4S. The van der Waals surface area contributed by atoms with E-state index >= 15 is 0 Å². The Morgan fingerprint density at radius 1 is 1.15 bits per heavy atom. The molecule has 138 valence electrons. The Morgan fingerprint density at radius 2 is 1.85 bits per heavy atom. The zero-order valence-corrected chi connectivity index (χ0v) is 14.9. The van der Waals surface area contributed by atoms with E-state index in [-0.39, 0.29) is 11.3 Å². The number of amides is 1. The van der Waals surface area contributed by atoms with Gasteiger partial charge >= 0.3 is 5.97 Å². The van der Waals surface area contributed by atoms with Crippen LogP contribution in [0.2, 0.25) is 0 Å². The van der Waals surface area contributed by atoms with Gasteiger partial charge in [-0.1, -0.05) is 19.1 Å². The Hall–Kier alpha value is -2.61. The van der Waals surface area contributed by atoms with Crippen molar-refractivity contribution in [3.63, 3.8) is 0 Å². The normalized spacial score (nSPS) is 12.9. The van der Waals surface area contributed by atoms with E-state index in [1.54, 1.807) is 25.1 Å². The topological polar surface area (TPSA) is 72.5 Å². The minimum Gasteiger partial charge on any atom is -0.449 e. The average molecular weight is 381 g/mol. The summed E-state index contributed by atoms with van der Waals surface area (Å²) in [5, 5.41) is 2.33. The molecular weight excluding hydrogens is 364 g/mol.